The maximum Gasteiger partial charge on any atom is -0.00503 e. The van der Waals surface area contributed by atoms with E-state index in [2.05, 4.69) is 36.5 Å². The van der Waals surface area contributed by atoms with Crippen LogP contribution in [0.4, 0.5) is 0 Å². The van der Waals surface area contributed by atoms with Crippen molar-refractivity contribution in [3.05, 3.63) is 36.5 Å². The second-order valence-electron chi connectivity index (χ2n) is 2.93. The highest BCUT2D eigenvalue weighted by atomic mass is 14.1. The summed E-state index contributed by atoms with van der Waals surface area (Å²) in [6.07, 6.45) is 17.1. The lowest BCUT2D eigenvalue weighted by molar-refractivity contribution is 0.631. The molecule has 0 radical (unpaired) electrons. The predicted octanol–water partition coefficient (Wildman–Crippen LogP) is 3.48. The summed E-state index contributed by atoms with van der Waals surface area (Å²) in [6, 6.07) is 0. The third-order valence-electron chi connectivity index (χ3n) is 1.95. The van der Waals surface area contributed by atoms with Crippen LogP contribution in [0, 0.1) is 5.92 Å². The Morgan fingerprint density at radius 1 is 1.36 bits per heavy atom. The first-order chi connectivity index (χ1) is 5.43. The van der Waals surface area contributed by atoms with Crippen molar-refractivity contribution in [3.8, 4) is 0 Å². The van der Waals surface area contributed by atoms with Crippen LogP contribution in [-0.4, -0.2) is 0 Å². The molecule has 0 heteroatoms. The topological polar surface area (TPSA) is 0 Å². The van der Waals surface area contributed by atoms with Crippen LogP contribution >= 0.6 is 0 Å². The van der Waals surface area contributed by atoms with E-state index in [4.69, 9.17) is 0 Å². The number of hydrogen-bond donors (Lipinski definition) is 0. The second kappa shape index (κ2) is 4.95. The van der Waals surface area contributed by atoms with Gasteiger partial charge in [-0.15, -0.1) is 0 Å². The molecule has 0 saturated heterocycles. The van der Waals surface area contributed by atoms with Crippen molar-refractivity contribution in [2.45, 2.75) is 26.2 Å². The molecule has 0 bridgehead atoms. The molecule has 0 aromatic carbocycles. The number of allylic oxidation sites excluding steroid dienone is 6. The smallest absolute Gasteiger partial charge is 0.00503 e. The normalized spacial score (nSPS) is 25.4. The summed E-state index contributed by atoms with van der Waals surface area (Å²) in [5.41, 5.74) is 0. The third-order valence-corrected chi connectivity index (χ3v) is 1.95. The minimum Gasteiger partial charge on any atom is -0.0879 e. The zero-order valence-electron chi connectivity index (χ0n) is 7.16. The van der Waals surface area contributed by atoms with Crippen LogP contribution in [0.5, 0.6) is 0 Å². The Morgan fingerprint density at radius 3 is 2.91 bits per heavy atom. The van der Waals surface area contributed by atoms with Crippen molar-refractivity contribution in [3.63, 3.8) is 0 Å². The van der Waals surface area contributed by atoms with Gasteiger partial charge in [-0.1, -0.05) is 36.5 Å². The summed E-state index contributed by atoms with van der Waals surface area (Å²) in [6.45, 7) is 2.04. The Hall–Kier alpha value is -0.780. The molecule has 0 aliphatic heterocycles. The molecular formula is C11H16. The summed E-state index contributed by atoms with van der Waals surface area (Å²) >= 11 is 0. The van der Waals surface area contributed by atoms with E-state index in [0.29, 0.717) is 5.92 Å². The monoisotopic (exact) mass is 148 g/mol. The Morgan fingerprint density at radius 2 is 2.27 bits per heavy atom. The van der Waals surface area contributed by atoms with Crippen LogP contribution in [0.25, 0.3) is 0 Å². The van der Waals surface area contributed by atoms with Gasteiger partial charge in [-0.25, -0.2) is 0 Å². The van der Waals surface area contributed by atoms with Gasteiger partial charge in [0.2, 0.25) is 0 Å². The van der Waals surface area contributed by atoms with Gasteiger partial charge < -0.3 is 0 Å². The fraction of sp³-hybridized carbons (Fsp3) is 0.455. The summed E-state index contributed by atoms with van der Waals surface area (Å²) in [7, 11) is 0. The molecule has 1 aliphatic carbocycles. The molecule has 0 aromatic rings. The Balaban J connectivity index is 2.35. The predicted molar refractivity (Wildman–Crippen MR) is 50.4 cm³/mol. The lowest BCUT2D eigenvalue weighted by Crippen LogP contribution is -1.95. The van der Waals surface area contributed by atoms with Crippen LogP contribution in [0.3, 0.4) is 0 Å². The van der Waals surface area contributed by atoms with Gasteiger partial charge in [-0.3, -0.25) is 0 Å². The lowest BCUT2D eigenvalue weighted by Gasteiger charge is -2.10. The van der Waals surface area contributed by atoms with Crippen molar-refractivity contribution < 1.29 is 0 Å². The molecule has 0 saturated carbocycles. The molecular weight excluding hydrogens is 132 g/mol. The first-order valence-electron chi connectivity index (χ1n) is 4.39. The zero-order chi connectivity index (χ0) is 7.94. The van der Waals surface area contributed by atoms with E-state index < -0.39 is 0 Å². The second-order valence-corrected chi connectivity index (χ2v) is 2.93. The van der Waals surface area contributed by atoms with Crippen molar-refractivity contribution in [2.75, 3.05) is 0 Å². The molecule has 0 unspecified atom stereocenters. The molecule has 1 rings (SSSR count). The van der Waals surface area contributed by atoms with Crippen molar-refractivity contribution in [2.24, 2.45) is 5.92 Å². The average Bonchev–Trinajstić information content (AvgIpc) is 2.07. The van der Waals surface area contributed by atoms with Gasteiger partial charge in [0.1, 0.15) is 0 Å². The van der Waals surface area contributed by atoms with Gasteiger partial charge in [0.15, 0.2) is 0 Å². The molecule has 0 N–H and O–H groups in total. The lowest BCUT2D eigenvalue weighted by atomic mass is 9.96. The van der Waals surface area contributed by atoms with Gasteiger partial charge in [0.05, 0.1) is 0 Å². The van der Waals surface area contributed by atoms with Crippen LogP contribution in [0.1, 0.15) is 26.2 Å². The SMILES string of the molecule is C/C=C/C=C/[C@@H]1C=CCCC1. The minimum atomic E-state index is 0.694. The van der Waals surface area contributed by atoms with E-state index in [-0.39, 0.29) is 0 Å². The maximum atomic E-state index is 2.31. The quantitative estimate of drug-likeness (QED) is 0.415. The summed E-state index contributed by atoms with van der Waals surface area (Å²) in [5, 5.41) is 0. The molecule has 0 nitrogen and oxygen atoms in total. The number of rotatable bonds is 2. The Labute approximate surface area is 69.3 Å². The molecule has 0 amide bonds. The highest BCUT2D eigenvalue weighted by Gasteiger charge is 2.02. The van der Waals surface area contributed by atoms with E-state index in [1.54, 1.807) is 0 Å². The van der Waals surface area contributed by atoms with E-state index >= 15 is 0 Å². The van der Waals surface area contributed by atoms with Crippen LogP contribution in [0.15, 0.2) is 36.5 Å². The first kappa shape index (κ1) is 8.32. The fourth-order valence-electron chi connectivity index (χ4n) is 1.32. The van der Waals surface area contributed by atoms with Crippen LogP contribution in [0.2, 0.25) is 0 Å². The van der Waals surface area contributed by atoms with Crippen LogP contribution in [-0.2, 0) is 0 Å². The van der Waals surface area contributed by atoms with E-state index in [0.717, 1.165) is 0 Å². The van der Waals surface area contributed by atoms with Gasteiger partial charge in [0.25, 0.3) is 0 Å². The Kier molecular flexibility index (Phi) is 3.74. The molecule has 0 heterocycles. The molecule has 0 fully saturated rings. The van der Waals surface area contributed by atoms with Gasteiger partial charge in [-0.05, 0) is 32.1 Å². The standard InChI is InChI=1S/C11H16/c1-2-3-5-8-11-9-6-4-7-10-11/h2-3,5-6,8-9,11H,4,7,10H2,1H3/b3-2+,8-5+/t11-/m1/s1. The van der Waals surface area contributed by atoms with Gasteiger partial charge >= 0.3 is 0 Å². The number of hydrogen-bond acceptors (Lipinski definition) is 0. The zero-order valence-corrected chi connectivity index (χ0v) is 7.16. The van der Waals surface area contributed by atoms with E-state index in [1.807, 2.05) is 6.92 Å². The molecule has 1 atom stereocenters. The molecule has 60 valence electrons. The van der Waals surface area contributed by atoms with Crippen molar-refractivity contribution in [1.29, 1.82) is 0 Å². The summed E-state index contributed by atoms with van der Waals surface area (Å²) in [5.74, 6) is 0.694. The molecule has 0 spiro atoms. The summed E-state index contributed by atoms with van der Waals surface area (Å²) < 4.78 is 0. The highest BCUT2D eigenvalue weighted by molar-refractivity contribution is 5.09. The molecule has 0 aromatic heterocycles. The molecule has 1 aliphatic rings. The van der Waals surface area contributed by atoms with E-state index in [9.17, 15) is 0 Å². The average molecular weight is 148 g/mol. The summed E-state index contributed by atoms with van der Waals surface area (Å²) in [4.78, 5) is 0. The molecule has 11 heavy (non-hydrogen) atoms. The van der Waals surface area contributed by atoms with Crippen molar-refractivity contribution in [1.82, 2.24) is 0 Å². The van der Waals surface area contributed by atoms with Crippen molar-refractivity contribution >= 4 is 0 Å². The van der Waals surface area contributed by atoms with Crippen LogP contribution < -0.4 is 0 Å². The highest BCUT2D eigenvalue weighted by Crippen LogP contribution is 2.17. The Bertz CT molecular complexity index is 172. The largest absolute Gasteiger partial charge is 0.0879 e. The first-order valence-corrected chi connectivity index (χ1v) is 4.39. The third kappa shape index (κ3) is 3.22. The van der Waals surface area contributed by atoms with Gasteiger partial charge in [-0.2, -0.15) is 0 Å². The van der Waals surface area contributed by atoms with E-state index in [1.165, 1.54) is 19.3 Å². The van der Waals surface area contributed by atoms with Gasteiger partial charge in [0, 0.05) is 0 Å². The fourth-order valence-corrected chi connectivity index (χ4v) is 1.32. The minimum absolute atomic E-state index is 0.694. The maximum absolute atomic E-state index is 2.31.